The molecule has 3 rings (SSSR count). The zero-order valence-electron chi connectivity index (χ0n) is 15.0. The van der Waals surface area contributed by atoms with Gasteiger partial charge < -0.3 is 15.1 Å². The second-order valence-corrected chi connectivity index (χ2v) is 7.45. The molecule has 1 aliphatic carbocycles. The first-order valence-corrected chi connectivity index (χ1v) is 9.38. The second kappa shape index (κ2) is 7.66. The van der Waals surface area contributed by atoms with E-state index in [2.05, 4.69) is 5.32 Å². The average molecular weight is 378 g/mol. The topological polar surface area (TPSA) is 69.7 Å². The lowest BCUT2D eigenvalue weighted by Gasteiger charge is -2.35. The van der Waals surface area contributed by atoms with Crippen molar-refractivity contribution in [3.8, 4) is 0 Å². The van der Waals surface area contributed by atoms with E-state index in [1.165, 1.54) is 6.92 Å². The first-order valence-electron chi connectivity index (χ1n) is 9.00. The predicted octanol–water partition coefficient (Wildman–Crippen LogP) is 1.47. The Morgan fingerprint density at radius 1 is 1.12 bits per heavy atom. The van der Waals surface area contributed by atoms with E-state index in [-0.39, 0.29) is 17.7 Å². The van der Waals surface area contributed by atoms with Crippen molar-refractivity contribution >= 4 is 29.3 Å². The Hall–Kier alpha value is -2.08. The van der Waals surface area contributed by atoms with Crippen LogP contribution >= 0.6 is 11.6 Å². The van der Waals surface area contributed by atoms with Crippen molar-refractivity contribution < 1.29 is 14.4 Å². The number of halogens is 1. The molecular weight excluding hydrogens is 354 g/mol. The quantitative estimate of drug-likeness (QED) is 0.790. The van der Waals surface area contributed by atoms with E-state index in [0.717, 1.165) is 5.56 Å². The molecule has 1 aliphatic heterocycles. The number of rotatable bonds is 5. The number of carbonyl (C=O) groups excluding carboxylic acids is 3. The van der Waals surface area contributed by atoms with Gasteiger partial charge in [0.1, 0.15) is 5.41 Å². The van der Waals surface area contributed by atoms with Crippen LogP contribution in [0.2, 0.25) is 5.02 Å². The predicted molar refractivity (Wildman–Crippen MR) is 98.7 cm³/mol. The Kier molecular flexibility index (Phi) is 5.51. The fourth-order valence-electron chi connectivity index (χ4n) is 3.37. The third kappa shape index (κ3) is 4.01. The maximum atomic E-state index is 12.8. The van der Waals surface area contributed by atoms with Crippen LogP contribution in [-0.4, -0.2) is 60.2 Å². The zero-order chi connectivity index (χ0) is 18.7. The van der Waals surface area contributed by atoms with Crippen molar-refractivity contribution in [2.45, 2.75) is 26.2 Å². The molecule has 140 valence electrons. The van der Waals surface area contributed by atoms with Gasteiger partial charge >= 0.3 is 0 Å². The highest BCUT2D eigenvalue weighted by Crippen LogP contribution is 2.47. The van der Waals surface area contributed by atoms with E-state index in [1.807, 2.05) is 24.3 Å². The smallest absolute Gasteiger partial charge is 0.238 e. The van der Waals surface area contributed by atoms with Gasteiger partial charge in [-0.05, 0) is 37.0 Å². The molecule has 1 heterocycles. The van der Waals surface area contributed by atoms with E-state index >= 15 is 0 Å². The fourth-order valence-corrected chi connectivity index (χ4v) is 3.59. The van der Waals surface area contributed by atoms with Gasteiger partial charge in [-0.2, -0.15) is 0 Å². The van der Waals surface area contributed by atoms with Crippen molar-refractivity contribution in [3.05, 3.63) is 34.9 Å². The molecule has 7 heteroatoms. The van der Waals surface area contributed by atoms with Crippen LogP contribution < -0.4 is 5.32 Å². The Morgan fingerprint density at radius 2 is 1.77 bits per heavy atom. The number of amides is 3. The number of nitrogens with zero attached hydrogens (tertiary/aromatic N) is 2. The van der Waals surface area contributed by atoms with Gasteiger partial charge in [-0.1, -0.05) is 23.7 Å². The van der Waals surface area contributed by atoms with Crippen LogP contribution in [0.15, 0.2) is 24.3 Å². The Morgan fingerprint density at radius 3 is 2.35 bits per heavy atom. The highest BCUT2D eigenvalue weighted by Gasteiger charge is 2.58. The van der Waals surface area contributed by atoms with Crippen molar-refractivity contribution in [1.29, 1.82) is 0 Å². The van der Waals surface area contributed by atoms with E-state index in [1.54, 1.807) is 9.80 Å². The van der Waals surface area contributed by atoms with Crippen LogP contribution in [0.1, 0.15) is 25.3 Å². The summed E-state index contributed by atoms with van der Waals surface area (Å²) < 4.78 is 0. The van der Waals surface area contributed by atoms with Crippen molar-refractivity contribution in [3.63, 3.8) is 0 Å². The summed E-state index contributed by atoms with van der Waals surface area (Å²) in [7, 11) is 0. The van der Waals surface area contributed by atoms with Gasteiger partial charge in [0.05, 0.1) is 0 Å². The summed E-state index contributed by atoms with van der Waals surface area (Å²) in [5, 5.41) is 3.58. The van der Waals surface area contributed by atoms with Gasteiger partial charge in [-0.15, -0.1) is 0 Å². The summed E-state index contributed by atoms with van der Waals surface area (Å²) in [4.78, 5) is 40.3. The van der Waals surface area contributed by atoms with Crippen LogP contribution in [0.3, 0.4) is 0 Å². The third-order valence-electron chi connectivity index (χ3n) is 5.19. The standard InChI is InChI=1S/C19H24ClN3O3/c1-14(24)22-9-11-23(12-10-22)18(26)19(6-7-19)17(25)21-8-5-15-3-2-4-16(20)13-15/h2-4,13H,5-12H2,1H3,(H,21,25). The van der Waals surface area contributed by atoms with E-state index in [9.17, 15) is 14.4 Å². The molecule has 26 heavy (non-hydrogen) atoms. The molecule has 1 aromatic carbocycles. The Labute approximate surface area is 158 Å². The first kappa shape index (κ1) is 18.7. The molecule has 2 aliphatic rings. The maximum absolute atomic E-state index is 12.8. The molecule has 2 fully saturated rings. The second-order valence-electron chi connectivity index (χ2n) is 7.02. The molecule has 1 N–H and O–H groups in total. The van der Waals surface area contributed by atoms with Crippen LogP contribution in [-0.2, 0) is 20.8 Å². The van der Waals surface area contributed by atoms with E-state index in [4.69, 9.17) is 11.6 Å². The monoisotopic (exact) mass is 377 g/mol. The number of hydrogen-bond acceptors (Lipinski definition) is 3. The van der Waals surface area contributed by atoms with Crippen molar-refractivity contribution in [2.24, 2.45) is 5.41 Å². The third-order valence-corrected chi connectivity index (χ3v) is 5.43. The number of piperazine rings is 1. The molecule has 1 aromatic rings. The Bertz CT molecular complexity index is 710. The van der Waals surface area contributed by atoms with Gasteiger partial charge in [0.15, 0.2) is 0 Å². The highest BCUT2D eigenvalue weighted by molar-refractivity contribution is 6.30. The summed E-state index contributed by atoms with van der Waals surface area (Å²) >= 11 is 5.96. The number of hydrogen-bond donors (Lipinski definition) is 1. The molecule has 0 aromatic heterocycles. The molecule has 0 radical (unpaired) electrons. The molecular formula is C19H24ClN3O3. The minimum atomic E-state index is -0.896. The molecule has 0 unspecified atom stereocenters. The van der Waals surface area contributed by atoms with Gasteiger partial charge in [-0.25, -0.2) is 0 Å². The van der Waals surface area contributed by atoms with Gasteiger partial charge in [0.2, 0.25) is 17.7 Å². The first-order chi connectivity index (χ1) is 12.4. The van der Waals surface area contributed by atoms with Crippen LogP contribution in [0.4, 0.5) is 0 Å². The maximum Gasteiger partial charge on any atom is 0.238 e. The molecule has 0 atom stereocenters. The minimum Gasteiger partial charge on any atom is -0.355 e. The summed E-state index contributed by atoms with van der Waals surface area (Å²) in [6.07, 6.45) is 1.87. The van der Waals surface area contributed by atoms with Crippen LogP contribution in [0.25, 0.3) is 0 Å². The average Bonchev–Trinajstić information content (AvgIpc) is 3.43. The minimum absolute atomic E-state index is 0.0250. The molecule has 0 spiro atoms. The van der Waals surface area contributed by atoms with Crippen molar-refractivity contribution in [2.75, 3.05) is 32.7 Å². The lowest BCUT2D eigenvalue weighted by atomic mass is 10.0. The molecule has 0 bridgehead atoms. The highest BCUT2D eigenvalue weighted by atomic mass is 35.5. The largest absolute Gasteiger partial charge is 0.355 e. The summed E-state index contributed by atoms with van der Waals surface area (Å²) in [6, 6.07) is 7.53. The Balaban J connectivity index is 1.50. The number of benzene rings is 1. The molecule has 1 saturated carbocycles. The van der Waals surface area contributed by atoms with E-state index < -0.39 is 5.41 Å². The van der Waals surface area contributed by atoms with Gasteiger partial charge in [-0.3, -0.25) is 14.4 Å². The SMILES string of the molecule is CC(=O)N1CCN(C(=O)C2(C(=O)NCCc3cccc(Cl)c3)CC2)CC1. The number of carbonyl (C=O) groups is 3. The molecule has 1 saturated heterocycles. The lowest BCUT2D eigenvalue weighted by molar-refractivity contribution is -0.147. The fraction of sp³-hybridized carbons (Fsp3) is 0.526. The zero-order valence-corrected chi connectivity index (χ0v) is 15.7. The molecule has 3 amide bonds. The van der Waals surface area contributed by atoms with Crippen molar-refractivity contribution in [1.82, 2.24) is 15.1 Å². The normalized spacial score (nSPS) is 18.4. The summed E-state index contributed by atoms with van der Waals surface area (Å²) in [5.41, 5.74) is 0.154. The van der Waals surface area contributed by atoms with Crippen LogP contribution in [0.5, 0.6) is 0 Å². The van der Waals surface area contributed by atoms with Gasteiger partial charge in [0, 0.05) is 44.7 Å². The lowest BCUT2D eigenvalue weighted by Crippen LogP contribution is -2.54. The molecule has 6 nitrogen and oxygen atoms in total. The number of nitrogens with one attached hydrogen (secondary N) is 1. The summed E-state index contributed by atoms with van der Waals surface area (Å²) in [6.45, 7) is 4.08. The van der Waals surface area contributed by atoms with E-state index in [0.29, 0.717) is 57.0 Å². The van der Waals surface area contributed by atoms with Crippen LogP contribution in [0, 0.1) is 5.41 Å². The summed E-state index contributed by atoms with van der Waals surface area (Å²) in [5.74, 6) is -0.253. The van der Waals surface area contributed by atoms with Gasteiger partial charge in [0.25, 0.3) is 0 Å².